The number of aliphatic hydroxyl groups is 1. The molecular formula is C24H26N2O7. The number of carboxylic acids is 1. The second-order valence-electron chi connectivity index (χ2n) is 8.18. The fraction of sp³-hybridized carbons (Fsp3) is 0.375. The van der Waals surface area contributed by atoms with Crippen LogP contribution in [0.1, 0.15) is 23.5 Å². The predicted molar refractivity (Wildman–Crippen MR) is 118 cm³/mol. The SMILES string of the molecule is O=C(NCC1CC(C(=O)NC(CO)C(=O)O)CO1)OCC1c2ccccc2-c2ccccc21. The molecule has 3 atom stereocenters. The van der Waals surface area contributed by atoms with Crippen molar-refractivity contribution in [1.82, 2.24) is 10.6 Å². The molecule has 2 aliphatic rings. The van der Waals surface area contributed by atoms with Crippen molar-refractivity contribution in [3.05, 3.63) is 59.7 Å². The Morgan fingerprint density at radius 1 is 1.06 bits per heavy atom. The van der Waals surface area contributed by atoms with Crippen molar-refractivity contribution < 1.29 is 34.1 Å². The highest BCUT2D eigenvalue weighted by molar-refractivity contribution is 5.85. The van der Waals surface area contributed by atoms with Crippen molar-refractivity contribution in [2.24, 2.45) is 5.92 Å². The Labute approximate surface area is 190 Å². The third-order valence-corrected chi connectivity index (χ3v) is 6.07. The van der Waals surface area contributed by atoms with E-state index in [0.29, 0.717) is 6.42 Å². The summed E-state index contributed by atoms with van der Waals surface area (Å²) in [5.41, 5.74) is 4.55. The van der Waals surface area contributed by atoms with Gasteiger partial charge in [0.1, 0.15) is 12.6 Å². The molecule has 9 heteroatoms. The molecule has 3 unspecified atom stereocenters. The molecule has 2 aromatic carbocycles. The van der Waals surface area contributed by atoms with E-state index in [2.05, 4.69) is 22.8 Å². The van der Waals surface area contributed by atoms with Crippen LogP contribution in [0.15, 0.2) is 48.5 Å². The first-order chi connectivity index (χ1) is 16.0. The quantitative estimate of drug-likeness (QED) is 0.475. The summed E-state index contributed by atoms with van der Waals surface area (Å²) in [6.07, 6.45) is -0.633. The van der Waals surface area contributed by atoms with Crippen molar-refractivity contribution in [2.45, 2.75) is 24.5 Å². The third-order valence-electron chi connectivity index (χ3n) is 6.07. The lowest BCUT2D eigenvalue weighted by atomic mass is 9.98. The molecule has 0 saturated carbocycles. The number of nitrogens with one attached hydrogen (secondary N) is 2. The third kappa shape index (κ3) is 4.99. The van der Waals surface area contributed by atoms with Gasteiger partial charge in [0.25, 0.3) is 0 Å². The maximum Gasteiger partial charge on any atom is 0.407 e. The largest absolute Gasteiger partial charge is 0.480 e. The number of alkyl carbamates (subject to hydrolysis) is 1. The molecule has 2 amide bonds. The number of carbonyl (C=O) groups is 3. The first kappa shape index (κ1) is 22.8. The summed E-state index contributed by atoms with van der Waals surface area (Å²) in [7, 11) is 0. The van der Waals surface area contributed by atoms with E-state index in [0.717, 1.165) is 22.3 Å². The fourth-order valence-electron chi connectivity index (χ4n) is 4.35. The number of carbonyl (C=O) groups excluding carboxylic acids is 2. The minimum absolute atomic E-state index is 0.0346. The van der Waals surface area contributed by atoms with Gasteiger partial charge in [0.15, 0.2) is 0 Å². The van der Waals surface area contributed by atoms with Gasteiger partial charge in [-0.25, -0.2) is 9.59 Å². The average molecular weight is 454 g/mol. The van der Waals surface area contributed by atoms with Gasteiger partial charge in [0.05, 0.1) is 25.2 Å². The molecule has 0 spiro atoms. The van der Waals surface area contributed by atoms with Crippen molar-refractivity contribution in [2.75, 3.05) is 26.4 Å². The van der Waals surface area contributed by atoms with Gasteiger partial charge in [0, 0.05) is 12.5 Å². The number of amides is 2. The lowest BCUT2D eigenvalue weighted by Crippen LogP contribution is -2.46. The number of aliphatic hydroxyl groups excluding tert-OH is 1. The van der Waals surface area contributed by atoms with Crippen molar-refractivity contribution in [3.63, 3.8) is 0 Å². The van der Waals surface area contributed by atoms with E-state index in [1.807, 2.05) is 36.4 Å². The Hall–Kier alpha value is -3.43. The Balaban J connectivity index is 1.25. The molecule has 1 heterocycles. The van der Waals surface area contributed by atoms with Crippen molar-refractivity contribution in [3.8, 4) is 11.1 Å². The molecule has 2 aromatic rings. The zero-order chi connectivity index (χ0) is 23.4. The van der Waals surface area contributed by atoms with Crippen LogP contribution in [0.5, 0.6) is 0 Å². The van der Waals surface area contributed by atoms with Crippen molar-refractivity contribution in [1.29, 1.82) is 0 Å². The zero-order valence-corrected chi connectivity index (χ0v) is 17.9. The van der Waals surface area contributed by atoms with E-state index in [9.17, 15) is 14.4 Å². The molecular weight excluding hydrogens is 428 g/mol. The summed E-state index contributed by atoms with van der Waals surface area (Å²) in [5.74, 6) is -2.39. The second kappa shape index (κ2) is 10.0. The van der Waals surface area contributed by atoms with Crippen LogP contribution in [0.4, 0.5) is 4.79 Å². The normalized spacial score (nSPS) is 19.9. The summed E-state index contributed by atoms with van der Waals surface area (Å²) in [4.78, 5) is 35.4. The fourth-order valence-corrected chi connectivity index (χ4v) is 4.35. The molecule has 174 valence electrons. The van der Waals surface area contributed by atoms with E-state index in [1.54, 1.807) is 0 Å². The summed E-state index contributed by atoms with van der Waals surface area (Å²) < 4.78 is 11.0. The Kier molecular flexibility index (Phi) is 6.90. The maximum absolute atomic E-state index is 12.3. The Bertz CT molecular complexity index is 995. The first-order valence-corrected chi connectivity index (χ1v) is 10.8. The molecule has 0 aromatic heterocycles. The number of fused-ring (bicyclic) bond motifs is 3. The van der Waals surface area contributed by atoms with E-state index in [1.165, 1.54) is 0 Å². The van der Waals surface area contributed by atoms with Gasteiger partial charge in [-0.15, -0.1) is 0 Å². The number of ether oxygens (including phenoxy) is 2. The van der Waals surface area contributed by atoms with E-state index >= 15 is 0 Å². The number of rotatable bonds is 8. The summed E-state index contributed by atoms with van der Waals surface area (Å²) in [6, 6.07) is 14.8. The molecule has 0 bridgehead atoms. The number of hydrogen-bond acceptors (Lipinski definition) is 6. The van der Waals surface area contributed by atoms with Gasteiger partial charge in [0.2, 0.25) is 5.91 Å². The number of aliphatic carboxylic acids is 1. The van der Waals surface area contributed by atoms with E-state index in [4.69, 9.17) is 19.7 Å². The predicted octanol–water partition coefficient (Wildman–Crippen LogP) is 1.49. The van der Waals surface area contributed by atoms with Crippen LogP contribution in [-0.4, -0.2) is 66.7 Å². The van der Waals surface area contributed by atoms with Gasteiger partial charge < -0.3 is 30.3 Å². The molecule has 1 saturated heterocycles. The van der Waals surface area contributed by atoms with Crippen LogP contribution in [0, 0.1) is 5.92 Å². The lowest BCUT2D eigenvalue weighted by molar-refractivity contribution is -0.143. The number of benzene rings is 2. The molecule has 0 radical (unpaired) electrons. The minimum Gasteiger partial charge on any atom is -0.480 e. The van der Waals surface area contributed by atoms with E-state index in [-0.39, 0.29) is 25.7 Å². The van der Waals surface area contributed by atoms with Gasteiger partial charge in [-0.05, 0) is 28.7 Å². The first-order valence-electron chi connectivity index (χ1n) is 10.8. The van der Waals surface area contributed by atoms with Crippen molar-refractivity contribution >= 4 is 18.0 Å². The number of hydrogen-bond donors (Lipinski definition) is 4. The van der Waals surface area contributed by atoms with Crippen LogP contribution < -0.4 is 10.6 Å². The molecule has 4 N–H and O–H groups in total. The Morgan fingerprint density at radius 2 is 1.70 bits per heavy atom. The lowest BCUT2D eigenvalue weighted by Gasteiger charge is -2.16. The maximum atomic E-state index is 12.3. The molecule has 9 nitrogen and oxygen atoms in total. The van der Waals surface area contributed by atoms with Gasteiger partial charge >= 0.3 is 12.1 Å². The van der Waals surface area contributed by atoms with Crippen LogP contribution >= 0.6 is 0 Å². The summed E-state index contributed by atoms with van der Waals surface area (Å²) in [5, 5.41) is 22.9. The Morgan fingerprint density at radius 3 is 2.30 bits per heavy atom. The van der Waals surface area contributed by atoms with E-state index < -0.39 is 42.6 Å². The number of carboxylic acid groups (broad SMARTS) is 1. The van der Waals surface area contributed by atoms with Gasteiger partial charge in [-0.1, -0.05) is 48.5 Å². The molecule has 1 aliphatic heterocycles. The minimum atomic E-state index is -1.35. The highest BCUT2D eigenvalue weighted by atomic mass is 16.5. The molecule has 1 fully saturated rings. The smallest absolute Gasteiger partial charge is 0.407 e. The molecule has 1 aliphatic carbocycles. The van der Waals surface area contributed by atoms with Gasteiger partial charge in [-0.2, -0.15) is 0 Å². The summed E-state index contributed by atoms with van der Waals surface area (Å²) >= 11 is 0. The molecule has 4 rings (SSSR count). The van der Waals surface area contributed by atoms with Crippen LogP contribution in [0.2, 0.25) is 0 Å². The van der Waals surface area contributed by atoms with Crippen LogP contribution in [0.3, 0.4) is 0 Å². The van der Waals surface area contributed by atoms with Crippen LogP contribution in [-0.2, 0) is 19.1 Å². The highest BCUT2D eigenvalue weighted by Gasteiger charge is 2.33. The second-order valence-corrected chi connectivity index (χ2v) is 8.18. The zero-order valence-electron chi connectivity index (χ0n) is 17.9. The standard InChI is InChI=1S/C24H26N2O7/c27-11-21(23(29)30)26-22(28)14-9-15(32-12-14)10-25-24(31)33-13-20-18-7-3-1-5-16(18)17-6-2-4-8-19(17)20/h1-8,14-15,20-21,27H,9-13H2,(H,25,31)(H,26,28)(H,29,30). The van der Waals surface area contributed by atoms with Gasteiger partial charge in [-0.3, -0.25) is 4.79 Å². The topological polar surface area (TPSA) is 134 Å². The molecule has 33 heavy (non-hydrogen) atoms. The highest BCUT2D eigenvalue weighted by Crippen LogP contribution is 2.44. The monoisotopic (exact) mass is 454 g/mol. The summed E-state index contributed by atoms with van der Waals surface area (Å²) in [6.45, 7) is -0.209. The van der Waals surface area contributed by atoms with Crippen LogP contribution in [0.25, 0.3) is 11.1 Å². The average Bonchev–Trinajstić information content (AvgIpc) is 3.42.